The Bertz CT molecular complexity index is 944. The summed E-state index contributed by atoms with van der Waals surface area (Å²) in [6, 6.07) is 21.1. The zero-order valence-corrected chi connectivity index (χ0v) is 15.6. The SMILES string of the molecule is C[C@@H](NCC(=O)Nc1ccccc1Cc1ccccc1)c1ccc(F)c(F)c1. The van der Waals surface area contributed by atoms with Gasteiger partial charge in [-0.15, -0.1) is 0 Å². The standard InChI is InChI=1S/C23H22F2N2O/c1-16(18-11-12-20(24)21(25)14-18)26-15-23(28)27-22-10-6-5-9-19(22)13-17-7-3-2-4-8-17/h2-12,14,16,26H,13,15H2,1H3,(H,27,28)/t16-/m1/s1. The van der Waals surface area contributed by atoms with E-state index in [-0.39, 0.29) is 18.5 Å². The van der Waals surface area contributed by atoms with E-state index in [1.807, 2.05) is 54.6 Å². The van der Waals surface area contributed by atoms with Gasteiger partial charge in [0.25, 0.3) is 0 Å². The van der Waals surface area contributed by atoms with Crippen LogP contribution in [0.5, 0.6) is 0 Å². The van der Waals surface area contributed by atoms with Gasteiger partial charge in [-0.25, -0.2) is 8.78 Å². The van der Waals surface area contributed by atoms with Gasteiger partial charge in [0.05, 0.1) is 6.54 Å². The van der Waals surface area contributed by atoms with Crippen LogP contribution in [0.15, 0.2) is 72.8 Å². The van der Waals surface area contributed by atoms with Gasteiger partial charge in [-0.05, 0) is 48.2 Å². The Balaban J connectivity index is 1.59. The molecule has 0 fully saturated rings. The van der Waals surface area contributed by atoms with Crippen LogP contribution < -0.4 is 10.6 Å². The van der Waals surface area contributed by atoms with Crippen molar-refractivity contribution in [3.05, 3.63) is 101 Å². The lowest BCUT2D eigenvalue weighted by atomic mass is 10.0. The summed E-state index contributed by atoms with van der Waals surface area (Å²) in [5.74, 6) is -1.98. The van der Waals surface area contributed by atoms with E-state index < -0.39 is 11.6 Å². The van der Waals surface area contributed by atoms with E-state index in [9.17, 15) is 13.6 Å². The predicted molar refractivity (Wildman–Crippen MR) is 107 cm³/mol. The van der Waals surface area contributed by atoms with Gasteiger partial charge in [0.2, 0.25) is 5.91 Å². The maximum atomic E-state index is 13.4. The molecule has 0 aromatic heterocycles. The lowest BCUT2D eigenvalue weighted by Crippen LogP contribution is -2.30. The highest BCUT2D eigenvalue weighted by Crippen LogP contribution is 2.19. The molecule has 0 radical (unpaired) electrons. The molecule has 0 heterocycles. The first-order chi connectivity index (χ1) is 13.5. The molecule has 0 unspecified atom stereocenters. The molecule has 0 saturated heterocycles. The van der Waals surface area contributed by atoms with Crippen molar-refractivity contribution < 1.29 is 13.6 Å². The Hall–Kier alpha value is -3.05. The maximum Gasteiger partial charge on any atom is 0.238 e. The van der Waals surface area contributed by atoms with E-state index in [2.05, 4.69) is 10.6 Å². The number of amides is 1. The molecule has 3 nitrogen and oxygen atoms in total. The van der Waals surface area contributed by atoms with Crippen molar-refractivity contribution in [2.75, 3.05) is 11.9 Å². The van der Waals surface area contributed by atoms with Crippen LogP contribution in [-0.4, -0.2) is 12.5 Å². The topological polar surface area (TPSA) is 41.1 Å². The summed E-state index contributed by atoms with van der Waals surface area (Å²) in [7, 11) is 0. The molecular formula is C23H22F2N2O. The second-order valence-electron chi connectivity index (χ2n) is 6.64. The molecule has 0 aliphatic rings. The van der Waals surface area contributed by atoms with Crippen molar-refractivity contribution in [1.82, 2.24) is 5.32 Å². The zero-order chi connectivity index (χ0) is 19.9. The molecule has 3 aromatic carbocycles. The normalized spacial score (nSPS) is 11.8. The molecule has 1 amide bonds. The molecule has 2 N–H and O–H groups in total. The number of anilines is 1. The fourth-order valence-corrected chi connectivity index (χ4v) is 2.95. The van der Waals surface area contributed by atoms with Crippen molar-refractivity contribution >= 4 is 11.6 Å². The summed E-state index contributed by atoms with van der Waals surface area (Å²) in [5.41, 5.74) is 3.53. The summed E-state index contributed by atoms with van der Waals surface area (Å²) >= 11 is 0. The Morgan fingerprint density at radius 3 is 2.39 bits per heavy atom. The van der Waals surface area contributed by atoms with Gasteiger partial charge in [0.1, 0.15) is 0 Å². The van der Waals surface area contributed by atoms with Crippen molar-refractivity contribution in [3.8, 4) is 0 Å². The summed E-state index contributed by atoms with van der Waals surface area (Å²) in [6.07, 6.45) is 0.718. The van der Waals surface area contributed by atoms with E-state index in [0.717, 1.165) is 35.4 Å². The lowest BCUT2D eigenvalue weighted by Gasteiger charge is -2.15. The number of para-hydroxylation sites is 1. The van der Waals surface area contributed by atoms with E-state index in [1.165, 1.54) is 6.07 Å². The first-order valence-corrected chi connectivity index (χ1v) is 9.13. The molecule has 1 atom stereocenters. The minimum atomic E-state index is -0.898. The molecule has 0 aliphatic carbocycles. The molecule has 3 aromatic rings. The number of carbonyl (C=O) groups is 1. The third-order valence-electron chi connectivity index (χ3n) is 4.54. The highest BCUT2D eigenvalue weighted by molar-refractivity contribution is 5.93. The summed E-state index contributed by atoms with van der Waals surface area (Å²) in [5, 5.41) is 5.96. The molecule has 0 saturated carbocycles. The minimum Gasteiger partial charge on any atom is -0.325 e. The number of nitrogens with one attached hydrogen (secondary N) is 2. The number of benzene rings is 3. The lowest BCUT2D eigenvalue weighted by molar-refractivity contribution is -0.115. The average molecular weight is 380 g/mol. The molecule has 28 heavy (non-hydrogen) atoms. The van der Waals surface area contributed by atoms with E-state index in [0.29, 0.717) is 5.56 Å². The van der Waals surface area contributed by atoms with Crippen molar-refractivity contribution in [2.45, 2.75) is 19.4 Å². The van der Waals surface area contributed by atoms with Crippen molar-refractivity contribution in [3.63, 3.8) is 0 Å². The van der Waals surface area contributed by atoms with Crippen molar-refractivity contribution in [2.24, 2.45) is 0 Å². The minimum absolute atomic E-state index is 0.0554. The summed E-state index contributed by atoms with van der Waals surface area (Å²) < 4.78 is 26.4. The Kier molecular flexibility index (Phi) is 6.50. The van der Waals surface area contributed by atoms with Gasteiger partial charge in [-0.3, -0.25) is 4.79 Å². The van der Waals surface area contributed by atoms with E-state index in [1.54, 1.807) is 6.92 Å². The van der Waals surface area contributed by atoms with Gasteiger partial charge in [-0.1, -0.05) is 54.6 Å². The Labute approximate surface area is 163 Å². The van der Waals surface area contributed by atoms with Crippen LogP contribution >= 0.6 is 0 Å². The van der Waals surface area contributed by atoms with Crippen molar-refractivity contribution in [1.29, 1.82) is 0 Å². The first-order valence-electron chi connectivity index (χ1n) is 9.13. The van der Waals surface area contributed by atoms with Crippen LogP contribution in [-0.2, 0) is 11.2 Å². The number of halogens is 2. The summed E-state index contributed by atoms with van der Waals surface area (Å²) in [4.78, 5) is 12.4. The molecule has 0 bridgehead atoms. The number of hydrogen-bond acceptors (Lipinski definition) is 2. The predicted octanol–water partition coefficient (Wildman–Crippen LogP) is 4.84. The third kappa shape index (κ3) is 5.24. The molecule has 3 rings (SSSR count). The van der Waals surface area contributed by atoms with Crippen LogP contribution in [0.2, 0.25) is 0 Å². The number of hydrogen-bond donors (Lipinski definition) is 2. The monoisotopic (exact) mass is 380 g/mol. The second kappa shape index (κ2) is 9.24. The molecule has 144 valence electrons. The van der Waals surface area contributed by atoms with Gasteiger partial charge in [0, 0.05) is 11.7 Å². The van der Waals surface area contributed by atoms with Crippen LogP contribution in [0.1, 0.15) is 29.7 Å². The van der Waals surface area contributed by atoms with Gasteiger partial charge in [0.15, 0.2) is 11.6 Å². The Morgan fingerprint density at radius 1 is 0.929 bits per heavy atom. The largest absolute Gasteiger partial charge is 0.325 e. The van der Waals surface area contributed by atoms with Gasteiger partial charge in [-0.2, -0.15) is 0 Å². The maximum absolute atomic E-state index is 13.4. The van der Waals surface area contributed by atoms with Gasteiger partial charge < -0.3 is 10.6 Å². The fraction of sp³-hybridized carbons (Fsp3) is 0.174. The van der Waals surface area contributed by atoms with Crippen LogP contribution in [0.3, 0.4) is 0 Å². The molecular weight excluding hydrogens is 358 g/mol. The average Bonchev–Trinajstić information content (AvgIpc) is 2.70. The van der Waals surface area contributed by atoms with Crippen LogP contribution in [0.4, 0.5) is 14.5 Å². The summed E-state index contributed by atoms with van der Waals surface area (Å²) in [6.45, 7) is 1.85. The van der Waals surface area contributed by atoms with Crippen LogP contribution in [0.25, 0.3) is 0 Å². The molecule has 0 aliphatic heterocycles. The molecule has 5 heteroatoms. The van der Waals surface area contributed by atoms with E-state index >= 15 is 0 Å². The highest BCUT2D eigenvalue weighted by Gasteiger charge is 2.12. The quantitative estimate of drug-likeness (QED) is 0.616. The van der Waals surface area contributed by atoms with Gasteiger partial charge >= 0.3 is 0 Å². The third-order valence-corrected chi connectivity index (χ3v) is 4.54. The molecule has 0 spiro atoms. The Morgan fingerprint density at radius 2 is 1.64 bits per heavy atom. The number of rotatable bonds is 7. The fourth-order valence-electron chi connectivity index (χ4n) is 2.95. The first kappa shape index (κ1) is 19.7. The second-order valence-corrected chi connectivity index (χ2v) is 6.64. The highest BCUT2D eigenvalue weighted by atomic mass is 19.2. The van der Waals surface area contributed by atoms with Crippen LogP contribution in [0, 0.1) is 11.6 Å². The zero-order valence-electron chi connectivity index (χ0n) is 15.6. The number of carbonyl (C=O) groups excluding carboxylic acids is 1. The van der Waals surface area contributed by atoms with E-state index in [4.69, 9.17) is 0 Å². The smallest absolute Gasteiger partial charge is 0.238 e.